The predicted molar refractivity (Wildman–Crippen MR) is 84.8 cm³/mol. The predicted octanol–water partition coefficient (Wildman–Crippen LogP) is 5.82. The van der Waals surface area contributed by atoms with Gasteiger partial charge in [0.05, 0.1) is 12.1 Å². The highest BCUT2D eigenvalue weighted by molar-refractivity contribution is 9.09. The molecule has 0 amide bonds. The third-order valence-corrected chi connectivity index (χ3v) is 4.41. The molecule has 2 rings (SSSR count). The monoisotopic (exact) mass is 376 g/mol. The molecule has 0 fully saturated rings. The number of rotatable bonds is 4. The Morgan fingerprint density at radius 1 is 1.20 bits per heavy atom. The lowest BCUT2D eigenvalue weighted by atomic mass is 10.0. The van der Waals surface area contributed by atoms with E-state index in [2.05, 4.69) is 15.9 Å². The highest BCUT2D eigenvalue weighted by Gasteiger charge is 2.17. The quantitative estimate of drug-likeness (QED) is 0.610. The molecule has 20 heavy (non-hydrogen) atoms. The molecular weight excluding hydrogens is 366 g/mol. The molecule has 1 nitrogen and oxygen atoms in total. The van der Waals surface area contributed by atoms with E-state index in [1.807, 2.05) is 0 Å². The van der Waals surface area contributed by atoms with Crippen LogP contribution >= 0.6 is 39.1 Å². The third kappa shape index (κ3) is 3.46. The Bertz CT molecular complexity index is 619. The highest BCUT2D eigenvalue weighted by atomic mass is 79.9. The van der Waals surface area contributed by atoms with Gasteiger partial charge in [-0.25, -0.2) is 4.39 Å². The van der Waals surface area contributed by atoms with E-state index in [4.69, 9.17) is 27.9 Å². The normalized spacial score (nSPS) is 12.2. The first-order chi connectivity index (χ1) is 9.52. The molecule has 5 heteroatoms. The van der Waals surface area contributed by atoms with Crippen LogP contribution in [0.4, 0.5) is 4.39 Å². The molecule has 2 aromatic carbocycles. The largest absolute Gasteiger partial charge is 0.495 e. The first-order valence-corrected chi connectivity index (χ1v) is 7.60. The Balaban J connectivity index is 2.28. The summed E-state index contributed by atoms with van der Waals surface area (Å²) < 4.78 is 18.8. The van der Waals surface area contributed by atoms with E-state index in [1.54, 1.807) is 30.3 Å². The van der Waals surface area contributed by atoms with Crippen molar-refractivity contribution >= 4 is 39.1 Å². The number of halogens is 4. The number of benzene rings is 2. The minimum atomic E-state index is -0.229. The molecule has 0 aliphatic heterocycles. The van der Waals surface area contributed by atoms with Crippen LogP contribution in [0.25, 0.3) is 0 Å². The van der Waals surface area contributed by atoms with Gasteiger partial charge in [-0.2, -0.15) is 0 Å². The fraction of sp³-hybridized carbons (Fsp3) is 0.200. The summed E-state index contributed by atoms with van der Waals surface area (Å²) in [5, 5.41) is 1.01. The number of ether oxygens (including phenoxy) is 1. The van der Waals surface area contributed by atoms with Crippen molar-refractivity contribution in [1.29, 1.82) is 0 Å². The van der Waals surface area contributed by atoms with Crippen LogP contribution in [0, 0.1) is 5.82 Å². The van der Waals surface area contributed by atoms with E-state index in [0.717, 1.165) is 5.56 Å². The fourth-order valence-electron chi connectivity index (χ4n) is 1.91. The van der Waals surface area contributed by atoms with Crippen molar-refractivity contribution in [2.75, 3.05) is 7.11 Å². The molecule has 0 bridgehead atoms. The van der Waals surface area contributed by atoms with Crippen LogP contribution in [0.3, 0.4) is 0 Å². The summed E-state index contributed by atoms with van der Waals surface area (Å²) in [6.45, 7) is 0. The van der Waals surface area contributed by atoms with Gasteiger partial charge in [-0.3, -0.25) is 0 Å². The topological polar surface area (TPSA) is 9.23 Å². The van der Waals surface area contributed by atoms with Crippen LogP contribution in [0.5, 0.6) is 5.75 Å². The molecule has 0 aromatic heterocycles. The van der Waals surface area contributed by atoms with Gasteiger partial charge in [0, 0.05) is 15.9 Å². The van der Waals surface area contributed by atoms with Crippen molar-refractivity contribution in [3.05, 3.63) is 63.4 Å². The Morgan fingerprint density at radius 2 is 1.90 bits per heavy atom. The molecule has 1 atom stereocenters. The zero-order valence-electron chi connectivity index (χ0n) is 10.7. The van der Waals surface area contributed by atoms with Gasteiger partial charge in [-0.05, 0) is 29.7 Å². The Morgan fingerprint density at radius 3 is 2.55 bits per heavy atom. The number of hydrogen-bond acceptors (Lipinski definition) is 1. The second-order valence-corrected chi connectivity index (χ2v) is 6.19. The maximum atomic E-state index is 13.7. The number of methoxy groups -OCH3 is 1. The SMILES string of the molecule is COc1cc(Cl)c(C(Br)Cc2ccccc2F)cc1Cl. The Kier molecular flexibility index (Phi) is 5.30. The van der Waals surface area contributed by atoms with Gasteiger partial charge in [0.15, 0.2) is 0 Å². The van der Waals surface area contributed by atoms with Gasteiger partial charge in [-0.1, -0.05) is 57.3 Å². The van der Waals surface area contributed by atoms with E-state index in [-0.39, 0.29) is 10.6 Å². The van der Waals surface area contributed by atoms with E-state index in [0.29, 0.717) is 27.8 Å². The zero-order valence-corrected chi connectivity index (χ0v) is 13.8. The van der Waals surface area contributed by atoms with Crippen LogP contribution in [0.2, 0.25) is 10.0 Å². The summed E-state index contributed by atoms with van der Waals surface area (Å²) in [5.74, 6) is 0.290. The van der Waals surface area contributed by atoms with Crippen molar-refractivity contribution in [3.8, 4) is 5.75 Å². The smallest absolute Gasteiger partial charge is 0.138 e. The second-order valence-electron chi connectivity index (χ2n) is 4.27. The molecule has 0 aliphatic rings. The molecule has 1 unspecified atom stereocenters. The van der Waals surface area contributed by atoms with Crippen LogP contribution in [0.15, 0.2) is 36.4 Å². The maximum absolute atomic E-state index is 13.7. The van der Waals surface area contributed by atoms with Crippen molar-refractivity contribution in [2.24, 2.45) is 0 Å². The van der Waals surface area contributed by atoms with Crippen LogP contribution < -0.4 is 4.74 Å². The van der Waals surface area contributed by atoms with Gasteiger partial charge < -0.3 is 4.74 Å². The van der Waals surface area contributed by atoms with E-state index in [9.17, 15) is 4.39 Å². The summed E-state index contributed by atoms with van der Waals surface area (Å²) in [5.41, 5.74) is 1.43. The van der Waals surface area contributed by atoms with Gasteiger partial charge in [0.1, 0.15) is 11.6 Å². The lowest BCUT2D eigenvalue weighted by molar-refractivity contribution is 0.415. The molecule has 0 N–H and O–H groups in total. The zero-order chi connectivity index (χ0) is 14.7. The molecule has 0 spiro atoms. The molecule has 106 valence electrons. The van der Waals surface area contributed by atoms with Gasteiger partial charge in [0.2, 0.25) is 0 Å². The third-order valence-electron chi connectivity index (χ3n) is 2.97. The lowest BCUT2D eigenvalue weighted by Crippen LogP contribution is -1.99. The van der Waals surface area contributed by atoms with Crippen LogP contribution in [-0.4, -0.2) is 7.11 Å². The minimum absolute atomic E-state index is 0.129. The number of hydrogen-bond donors (Lipinski definition) is 0. The standard InChI is InChI=1S/C15H12BrCl2FO/c1-20-15-8-12(17)10(7-13(15)18)11(16)6-9-4-2-3-5-14(9)19/h2-5,7-8,11H,6H2,1H3. The van der Waals surface area contributed by atoms with E-state index >= 15 is 0 Å². The Hall–Kier alpha value is -0.770. The van der Waals surface area contributed by atoms with Gasteiger partial charge in [0.25, 0.3) is 0 Å². The number of alkyl halides is 1. The fourth-order valence-corrected chi connectivity index (χ4v) is 3.30. The summed E-state index contributed by atoms with van der Waals surface area (Å²) in [4.78, 5) is -0.129. The van der Waals surface area contributed by atoms with Crippen LogP contribution in [0.1, 0.15) is 16.0 Å². The van der Waals surface area contributed by atoms with E-state index in [1.165, 1.54) is 13.2 Å². The van der Waals surface area contributed by atoms with Crippen molar-refractivity contribution < 1.29 is 9.13 Å². The first kappa shape index (κ1) is 15.6. The summed E-state index contributed by atoms with van der Waals surface area (Å²) in [7, 11) is 1.53. The Labute approximate surface area is 135 Å². The average Bonchev–Trinajstić information content (AvgIpc) is 2.43. The van der Waals surface area contributed by atoms with Gasteiger partial charge in [-0.15, -0.1) is 0 Å². The van der Waals surface area contributed by atoms with Crippen LogP contribution in [-0.2, 0) is 6.42 Å². The van der Waals surface area contributed by atoms with Gasteiger partial charge >= 0.3 is 0 Å². The molecule has 0 radical (unpaired) electrons. The molecule has 2 aromatic rings. The van der Waals surface area contributed by atoms with Crippen molar-refractivity contribution in [3.63, 3.8) is 0 Å². The molecule has 0 saturated heterocycles. The average molecular weight is 378 g/mol. The second kappa shape index (κ2) is 6.79. The summed E-state index contributed by atoms with van der Waals surface area (Å²) in [6, 6.07) is 10.1. The molecule has 0 saturated carbocycles. The van der Waals surface area contributed by atoms with Crippen molar-refractivity contribution in [1.82, 2.24) is 0 Å². The van der Waals surface area contributed by atoms with E-state index < -0.39 is 0 Å². The maximum Gasteiger partial charge on any atom is 0.138 e. The summed E-state index contributed by atoms with van der Waals surface area (Å²) >= 11 is 15.9. The lowest BCUT2D eigenvalue weighted by Gasteiger charge is -2.14. The molecule has 0 heterocycles. The van der Waals surface area contributed by atoms with Crippen molar-refractivity contribution in [2.45, 2.75) is 11.2 Å². The molecule has 0 aliphatic carbocycles. The highest BCUT2D eigenvalue weighted by Crippen LogP contribution is 2.38. The minimum Gasteiger partial charge on any atom is -0.495 e. The summed E-state index contributed by atoms with van der Waals surface area (Å²) in [6.07, 6.45) is 0.481. The molecular formula is C15H12BrCl2FO. The first-order valence-electron chi connectivity index (χ1n) is 5.93.